The van der Waals surface area contributed by atoms with Gasteiger partial charge in [-0.2, -0.15) is 0 Å². The van der Waals surface area contributed by atoms with Gasteiger partial charge in [0.25, 0.3) is 0 Å². The van der Waals surface area contributed by atoms with Crippen LogP contribution >= 0.6 is 11.8 Å². The monoisotopic (exact) mass is 181 g/mol. The lowest BCUT2D eigenvalue weighted by Gasteiger charge is -2.01. The number of carbonyl (C=O) groups is 1. The van der Waals surface area contributed by atoms with Crippen molar-refractivity contribution in [3.8, 4) is 5.75 Å². The molecule has 2 rings (SSSR count). The van der Waals surface area contributed by atoms with Gasteiger partial charge in [-0.3, -0.25) is 0 Å². The first-order chi connectivity index (χ1) is 5.81. The van der Waals surface area contributed by atoms with Crippen molar-refractivity contribution in [2.24, 2.45) is 0 Å². The van der Waals surface area contributed by atoms with Gasteiger partial charge in [0.15, 0.2) is 6.29 Å². The number of para-hydroxylation sites is 1. The summed E-state index contributed by atoms with van der Waals surface area (Å²) in [7, 11) is 0. The molecule has 0 saturated carbocycles. The van der Waals surface area contributed by atoms with Gasteiger partial charge in [-0.1, -0.05) is 17.8 Å². The fourth-order valence-electron chi connectivity index (χ4n) is 1.13. The summed E-state index contributed by atoms with van der Waals surface area (Å²) in [6.07, 6.45) is 0.824. The number of carbonyl (C=O) groups excluding carboxylic acids is 1. The molecule has 1 aromatic carbocycles. The van der Waals surface area contributed by atoms with E-state index in [-0.39, 0.29) is 11.1 Å². The summed E-state index contributed by atoms with van der Waals surface area (Å²) >= 11 is 1.41. The number of phenolic OH excluding ortho intramolecular Hbond substituents is 1. The zero-order chi connectivity index (χ0) is 8.55. The van der Waals surface area contributed by atoms with Gasteiger partial charge in [-0.25, -0.2) is 0 Å². The second kappa shape index (κ2) is 2.71. The van der Waals surface area contributed by atoms with Gasteiger partial charge in [0.05, 0.1) is 5.69 Å². The maximum atomic E-state index is 10.4. The minimum atomic E-state index is -0.256. The lowest BCUT2D eigenvalue weighted by Crippen LogP contribution is -2.10. The molecule has 62 valence electrons. The molecule has 0 spiro atoms. The molecular formula is C8H7NO2S. The highest BCUT2D eigenvalue weighted by molar-refractivity contribution is 8.01. The molecule has 3 nitrogen and oxygen atoms in total. The van der Waals surface area contributed by atoms with Crippen LogP contribution in [-0.2, 0) is 4.79 Å². The minimum Gasteiger partial charge on any atom is -0.506 e. The number of rotatable bonds is 1. The first kappa shape index (κ1) is 7.49. The van der Waals surface area contributed by atoms with Gasteiger partial charge in [-0.15, -0.1) is 0 Å². The highest BCUT2D eigenvalue weighted by atomic mass is 32.2. The quantitative estimate of drug-likeness (QED) is 0.508. The molecule has 1 atom stereocenters. The standard InChI is InChI=1S/C8H7NO2S/c10-4-7-9-8-5(11)2-1-3-6(8)12-7/h1-4,7,9,11H. The Labute approximate surface area is 73.8 Å². The lowest BCUT2D eigenvalue weighted by atomic mass is 10.3. The van der Waals surface area contributed by atoms with Crippen LogP contribution in [0.3, 0.4) is 0 Å². The largest absolute Gasteiger partial charge is 0.506 e. The minimum absolute atomic E-state index is 0.198. The van der Waals surface area contributed by atoms with E-state index in [4.69, 9.17) is 0 Å². The van der Waals surface area contributed by atoms with Crippen LogP contribution in [0, 0.1) is 0 Å². The number of nitrogens with one attached hydrogen (secondary N) is 1. The normalized spacial score (nSPS) is 19.8. The van der Waals surface area contributed by atoms with Gasteiger partial charge >= 0.3 is 0 Å². The summed E-state index contributed by atoms with van der Waals surface area (Å²) in [5.41, 5.74) is 0.666. The average molecular weight is 181 g/mol. The predicted octanol–water partition coefficient (Wildman–Crippen LogP) is 1.43. The van der Waals surface area contributed by atoms with Gasteiger partial charge < -0.3 is 15.2 Å². The zero-order valence-electron chi connectivity index (χ0n) is 6.15. The van der Waals surface area contributed by atoms with E-state index >= 15 is 0 Å². The van der Waals surface area contributed by atoms with Crippen LogP contribution in [0.4, 0.5) is 5.69 Å². The van der Waals surface area contributed by atoms with Crippen molar-refractivity contribution >= 4 is 23.7 Å². The number of aromatic hydroxyl groups is 1. The summed E-state index contributed by atoms with van der Waals surface area (Å²) in [4.78, 5) is 11.3. The average Bonchev–Trinajstić information content (AvgIpc) is 2.49. The second-order valence-corrected chi connectivity index (χ2v) is 3.65. The van der Waals surface area contributed by atoms with Crippen molar-refractivity contribution in [1.29, 1.82) is 0 Å². The summed E-state index contributed by atoms with van der Waals surface area (Å²) in [6.45, 7) is 0. The molecule has 12 heavy (non-hydrogen) atoms. The number of hydrogen-bond donors (Lipinski definition) is 2. The Balaban J connectivity index is 2.41. The molecule has 0 radical (unpaired) electrons. The zero-order valence-corrected chi connectivity index (χ0v) is 6.97. The van der Waals surface area contributed by atoms with Gasteiger partial charge in [0.2, 0.25) is 0 Å². The highest BCUT2D eigenvalue weighted by Gasteiger charge is 2.22. The van der Waals surface area contributed by atoms with Gasteiger partial charge in [0, 0.05) is 4.90 Å². The number of fused-ring (bicyclic) bond motifs is 1. The van der Waals surface area contributed by atoms with E-state index in [0.29, 0.717) is 5.69 Å². The van der Waals surface area contributed by atoms with Crippen LogP contribution in [0.2, 0.25) is 0 Å². The second-order valence-electron chi connectivity index (χ2n) is 2.47. The number of anilines is 1. The van der Waals surface area contributed by atoms with E-state index in [9.17, 15) is 9.90 Å². The molecule has 1 aliphatic heterocycles. The Morgan fingerprint density at radius 3 is 3.08 bits per heavy atom. The molecular weight excluding hydrogens is 174 g/mol. The Bertz CT molecular complexity index is 327. The molecule has 0 fully saturated rings. The number of thioether (sulfide) groups is 1. The molecule has 0 aromatic heterocycles. The smallest absolute Gasteiger partial charge is 0.152 e. The maximum absolute atomic E-state index is 10.4. The Kier molecular flexibility index (Phi) is 1.69. The molecule has 0 saturated heterocycles. The van der Waals surface area contributed by atoms with Crippen molar-refractivity contribution in [1.82, 2.24) is 0 Å². The number of phenols is 1. The van der Waals surface area contributed by atoms with Crippen LogP contribution < -0.4 is 5.32 Å². The van der Waals surface area contributed by atoms with Crippen molar-refractivity contribution in [2.45, 2.75) is 10.3 Å². The fraction of sp³-hybridized carbons (Fsp3) is 0.125. The van der Waals surface area contributed by atoms with E-state index in [1.807, 2.05) is 6.07 Å². The molecule has 1 aliphatic rings. The topological polar surface area (TPSA) is 49.3 Å². The summed E-state index contributed by atoms with van der Waals surface area (Å²) < 4.78 is 0. The Morgan fingerprint density at radius 2 is 2.42 bits per heavy atom. The summed E-state index contributed by atoms with van der Waals surface area (Å²) in [5, 5.41) is 12.0. The van der Waals surface area contributed by atoms with E-state index in [1.54, 1.807) is 12.1 Å². The molecule has 4 heteroatoms. The van der Waals surface area contributed by atoms with E-state index in [1.165, 1.54) is 11.8 Å². The summed E-state index contributed by atoms with van der Waals surface area (Å²) in [5.74, 6) is 0.198. The molecule has 1 heterocycles. The number of hydrogen-bond acceptors (Lipinski definition) is 4. The lowest BCUT2D eigenvalue weighted by molar-refractivity contribution is -0.107. The summed E-state index contributed by atoms with van der Waals surface area (Å²) in [6, 6.07) is 5.23. The van der Waals surface area contributed by atoms with E-state index in [0.717, 1.165) is 11.2 Å². The molecule has 1 unspecified atom stereocenters. The van der Waals surface area contributed by atoms with Crippen LogP contribution in [-0.4, -0.2) is 16.8 Å². The molecule has 0 amide bonds. The highest BCUT2D eigenvalue weighted by Crippen LogP contribution is 2.42. The van der Waals surface area contributed by atoms with Crippen molar-refractivity contribution in [3.63, 3.8) is 0 Å². The molecule has 2 N–H and O–H groups in total. The Hall–Kier alpha value is -1.16. The predicted molar refractivity (Wildman–Crippen MR) is 47.4 cm³/mol. The van der Waals surface area contributed by atoms with Crippen LogP contribution in [0.1, 0.15) is 0 Å². The number of benzene rings is 1. The van der Waals surface area contributed by atoms with Gasteiger partial charge in [-0.05, 0) is 12.1 Å². The third-order valence-electron chi connectivity index (χ3n) is 1.67. The van der Waals surface area contributed by atoms with Gasteiger partial charge in [0.1, 0.15) is 11.1 Å². The third-order valence-corrected chi connectivity index (χ3v) is 2.75. The molecule has 0 bridgehead atoms. The van der Waals surface area contributed by atoms with E-state index in [2.05, 4.69) is 5.32 Å². The van der Waals surface area contributed by atoms with Crippen LogP contribution in [0.25, 0.3) is 0 Å². The molecule has 0 aliphatic carbocycles. The van der Waals surface area contributed by atoms with Crippen molar-refractivity contribution < 1.29 is 9.90 Å². The SMILES string of the molecule is O=CC1Nc2c(O)cccc2S1. The van der Waals surface area contributed by atoms with Crippen molar-refractivity contribution in [3.05, 3.63) is 18.2 Å². The first-order valence-corrected chi connectivity index (χ1v) is 4.39. The van der Waals surface area contributed by atoms with E-state index < -0.39 is 0 Å². The maximum Gasteiger partial charge on any atom is 0.152 e. The third kappa shape index (κ3) is 1.04. The van der Waals surface area contributed by atoms with Crippen LogP contribution in [0.15, 0.2) is 23.1 Å². The first-order valence-electron chi connectivity index (χ1n) is 3.52. The van der Waals surface area contributed by atoms with Crippen LogP contribution in [0.5, 0.6) is 5.75 Å². The Morgan fingerprint density at radius 1 is 1.58 bits per heavy atom. The number of aldehydes is 1. The molecule has 1 aromatic rings. The fourth-order valence-corrected chi connectivity index (χ4v) is 2.08. The van der Waals surface area contributed by atoms with Crippen molar-refractivity contribution in [2.75, 3.05) is 5.32 Å².